The highest BCUT2D eigenvalue weighted by atomic mass is 35.5. The fraction of sp³-hybridized carbons (Fsp3) is 0.292. The molecule has 2 aromatic carbocycles. The second-order valence-electron chi connectivity index (χ2n) is 7.81. The van der Waals surface area contributed by atoms with Gasteiger partial charge in [-0.25, -0.2) is 4.79 Å². The van der Waals surface area contributed by atoms with Crippen molar-refractivity contribution >= 4 is 46.5 Å². The average molecular weight is 488 g/mol. The molecule has 3 rings (SSSR count). The summed E-state index contributed by atoms with van der Waals surface area (Å²) >= 11 is 11.3. The molecule has 1 amide bonds. The van der Waals surface area contributed by atoms with Gasteiger partial charge in [-0.3, -0.25) is 4.79 Å². The minimum Gasteiger partial charge on any atom is -0.484 e. The first-order valence-electron chi connectivity index (χ1n) is 10.4. The molecule has 7 nitrogen and oxygen atoms in total. The highest BCUT2D eigenvalue weighted by molar-refractivity contribution is 7.80. The number of carbonyl (C=O) groups is 2. The van der Waals surface area contributed by atoms with E-state index in [0.717, 1.165) is 5.56 Å². The molecule has 0 aliphatic carbocycles. The van der Waals surface area contributed by atoms with Gasteiger partial charge in [0.05, 0.1) is 17.7 Å². The number of nitrogens with zero attached hydrogens (tertiary/aromatic N) is 1. The second kappa shape index (κ2) is 10.7. The van der Waals surface area contributed by atoms with E-state index in [1.54, 1.807) is 68.3 Å². The average Bonchev–Trinajstić information content (AvgIpc) is 2.76. The number of ether oxygens (including phenoxy) is 2. The SMILES string of the molecule is CC1=C(C(=O)OC(C)C)C(c2cccc(NC(=O)COc3ccc(Cl)cc3)c2)NC(=S)N1C. The number of allylic oxidation sites excluding steroid dienone is 1. The van der Waals surface area contributed by atoms with E-state index in [0.29, 0.717) is 32.8 Å². The quantitative estimate of drug-likeness (QED) is 0.441. The summed E-state index contributed by atoms with van der Waals surface area (Å²) in [6.45, 7) is 5.27. The first-order chi connectivity index (χ1) is 15.7. The lowest BCUT2D eigenvalue weighted by molar-refractivity contribution is -0.143. The number of nitrogens with one attached hydrogen (secondary N) is 2. The smallest absolute Gasteiger partial charge is 0.338 e. The maximum Gasteiger partial charge on any atom is 0.338 e. The number of halogens is 1. The lowest BCUT2D eigenvalue weighted by atomic mass is 9.94. The Morgan fingerprint density at radius 3 is 2.58 bits per heavy atom. The summed E-state index contributed by atoms with van der Waals surface area (Å²) in [5.74, 6) is -0.193. The molecule has 1 heterocycles. The third kappa shape index (κ3) is 6.24. The number of anilines is 1. The van der Waals surface area contributed by atoms with Gasteiger partial charge in [0.2, 0.25) is 0 Å². The second-order valence-corrected chi connectivity index (χ2v) is 8.63. The molecule has 0 bridgehead atoms. The third-order valence-corrected chi connectivity index (χ3v) is 5.65. The Morgan fingerprint density at radius 1 is 1.21 bits per heavy atom. The van der Waals surface area contributed by atoms with Crippen LogP contribution in [0.4, 0.5) is 5.69 Å². The van der Waals surface area contributed by atoms with Crippen LogP contribution >= 0.6 is 23.8 Å². The van der Waals surface area contributed by atoms with Crippen LogP contribution in [0.15, 0.2) is 59.8 Å². The summed E-state index contributed by atoms with van der Waals surface area (Å²) in [4.78, 5) is 27.0. The molecule has 0 fully saturated rings. The van der Waals surface area contributed by atoms with Crippen LogP contribution in [0.2, 0.25) is 5.02 Å². The molecule has 2 aromatic rings. The van der Waals surface area contributed by atoms with Gasteiger partial charge in [0.1, 0.15) is 5.75 Å². The summed E-state index contributed by atoms with van der Waals surface area (Å²) in [6, 6.07) is 13.5. The van der Waals surface area contributed by atoms with Gasteiger partial charge in [0.25, 0.3) is 5.91 Å². The van der Waals surface area contributed by atoms with Crippen molar-refractivity contribution in [3.8, 4) is 5.75 Å². The predicted octanol–water partition coefficient (Wildman–Crippen LogP) is 4.44. The van der Waals surface area contributed by atoms with Crippen LogP contribution in [0, 0.1) is 0 Å². The van der Waals surface area contributed by atoms with Gasteiger partial charge in [0.15, 0.2) is 11.7 Å². The van der Waals surface area contributed by atoms with Crippen LogP contribution in [0.1, 0.15) is 32.4 Å². The standard InChI is InChI=1S/C24H26ClN3O4S/c1-14(2)32-23(30)21-15(3)28(4)24(33)27-22(21)16-6-5-7-18(12-16)26-20(29)13-31-19-10-8-17(25)9-11-19/h5-12,14,22H,13H2,1-4H3,(H,26,29)(H,27,33). The van der Waals surface area contributed by atoms with Crippen LogP contribution < -0.4 is 15.4 Å². The molecule has 33 heavy (non-hydrogen) atoms. The fourth-order valence-corrected chi connectivity index (χ4v) is 3.68. The van der Waals surface area contributed by atoms with E-state index in [1.807, 2.05) is 13.0 Å². The molecule has 1 aliphatic heterocycles. The van der Waals surface area contributed by atoms with Crippen LogP contribution in [0.25, 0.3) is 0 Å². The largest absolute Gasteiger partial charge is 0.484 e. The number of amides is 1. The fourth-order valence-electron chi connectivity index (χ4n) is 3.30. The Labute approximate surface area is 203 Å². The Kier molecular flexibility index (Phi) is 7.94. The van der Waals surface area contributed by atoms with Gasteiger partial charge in [-0.2, -0.15) is 0 Å². The van der Waals surface area contributed by atoms with Crippen molar-refractivity contribution in [1.29, 1.82) is 0 Å². The first-order valence-corrected chi connectivity index (χ1v) is 11.2. The lowest BCUT2D eigenvalue weighted by Crippen LogP contribution is -2.46. The molecule has 0 saturated carbocycles. The molecule has 2 N–H and O–H groups in total. The monoisotopic (exact) mass is 487 g/mol. The highest BCUT2D eigenvalue weighted by Gasteiger charge is 2.34. The molecule has 174 valence electrons. The number of carbonyl (C=O) groups excluding carboxylic acids is 2. The zero-order valence-electron chi connectivity index (χ0n) is 18.8. The van der Waals surface area contributed by atoms with E-state index < -0.39 is 12.0 Å². The lowest BCUT2D eigenvalue weighted by Gasteiger charge is -2.35. The summed E-state index contributed by atoms with van der Waals surface area (Å²) in [5, 5.41) is 7.10. The summed E-state index contributed by atoms with van der Waals surface area (Å²) in [5.41, 5.74) is 2.50. The van der Waals surface area contributed by atoms with Crippen LogP contribution in [-0.2, 0) is 14.3 Å². The van der Waals surface area contributed by atoms with E-state index >= 15 is 0 Å². The van der Waals surface area contributed by atoms with E-state index in [2.05, 4.69) is 10.6 Å². The minimum absolute atomic E-state index is 0.159. The van der Waals surface area contributed by atoms with Crippen molar-refractivity contribution in [3.63, 3.8) is 0 Å². The molecule has 0 saturated heterocycles. The molecule has 0 spiro atoms. The molecule has 1 unspecified atom stereocenters. The number of hydrogen-bond acceptors (Lipinski definition) is 5. The van der Waals surface area contributed by atoms with Crippen LogP contribution in [0.5, 0.6) is 5.75 Å². The topological polar surface area (TPSA) is 79.9 Å². The maximum atomic E-state index is 12.9. The van der Waals surface area contributed by atoms with E-state index in [-0.39, 0.29) is 18.6 Å². The zero-order chi connectivity index (χ0) is 24.1. The van der Waals surface area contributed by atoms with Gasteiger partial charge in [-0.05, 0) is 75.0 Å². The Bertz CT molecular complexity index is 1090. The van der Waals surface area contributed by atoms with E-state index in [4.69, 9.17) is 33.3 Å². The number of rotatable bonds is 7. The Hall–Kier alpha value is -3.10. The van der Waals surface area contributed by atoms with Gasteiger partial charge in [-0.1, -0.05) is 23.7 Å². The van der Waals surface area contributed by atoms with E-state index in [1.165, 1.54) is 0 Å². The van der Waals surface area contributed by atoms with Gasteiger partial charge in [-0.15, -0.1) is 0 Å². The Morgan fingerprint density at radius 2 is 1.91 bits per heavy atom. The van der Waals surface area contributed by atoms with Gasteiger partial charge < -0.3 is 25.0 Å². The van der Waals surface area contributed by atoms with Gasteiger partial charge >= 0.3 is 5.97 Å². The van der Waals surface area contributed by atoms with Gasteiger partial charge in [0, 0.05) is 23.5 Å². The zero-order valence-corrected chi connectivity index (χ0v) is 20.4. The number of thiocarbonyl (C=S) groups is 1. The van der Waals surface area contributed by atoms with Crippen molar-refractivity contribution < 1.29 is 19.1 Å². The molecule has 9 heteroatoms. The minimum atomic E-state index is -0.512. The predicted molar refractivity (Wildman–Crippen MR) is 132 cm³/mol. The van der Waals surface area contributed by atoms with Crippen LogP contribution in [0.3, 0.4) is 0 Å². The molecule has 1 aliphatic rings. The van der Waals surface area contributed by atoms with Crippen molar-refractivity contribution in [2.45, 2.75) is 32.9 Å². The maximum absolute atomic E-state index is 12.9. The van der Waals surface area contributed by atoms with Crippen molar-refractivity contribution in [2.75, 3.05) is 19.0 Å². The molecule has 1 atom stereocenters. The third-order valence-electron chi connectivity index (χ3n) is 5.00. The normalized spacial score (nSPS) is 15.9. The number of benzene rings is 2. The first kappa shape index (κ1) is 24.5. The van der Waals surface area contributed by atoms with Crippen molar-refractivity contribution in [2.24, 2.45) is 0 Å². The molecular formula is C24H26ClN3O4S. The number of esters is 1. The van der Waals surface area contributed by atoms with Crippen molar-refractivity contribution in [3.05, 3.63) is 70.4 Å². The van der Waals surface area contributed by atoms with Crippen molar-refractivity contribution in [1.82, 2.24) is 10.2 Å². The highest BCUT2D eigenvalue weighted by Crippen LogP contribution is 2.32. The van der Waals surface area contributed by atoms with Crippen LogP contribution in [-0.4, -0.2) is 41.6 Å². The molecular weight excluding hydrogens is 462 g/mol. The van der Waals surface area contributed by atoms with E-state index in [9.17, 15) is 9.59 Å². The molecule has 0 aromatic heterocycles. The summed E-state index contributed by atoms with van der Waals surface area (Å²) in [6.07, 6.45) is -0.260. The summed E-state index contributed by atoms with van der Waals surface area (Å²) < 4.78 is 11.0. The number of hydrogen-bond donors (Lipinski definition) is 2. The molecule has 0 radical (unpaired) electrons. The summed E-state index contributed by atoms with van der Waals surface area (Å²) in [7, 11) is 1.79. The Balaban J connectivity index is 1.77.